The molecule has 0 aromatic heterocycles. The first-order valence-electron chi connectivity index (χ1n) is 5.21. The molecule has 2 N–H and O–H groups in total. The van der Waals surface area contributed by atoms with E-state index in [-0.39, 0.29) is 6.61 Å². The van der Waals surface area contributed by atoms with Crippen molar-refractivity contribution < 1.29 is 5.11 Å². The van der Waals surface area contributed by atoms with E-state index in [0.717, 1.165) is 44.6 Å². The number of likely N-dealkylation sites (tertiary alicyclic amines) is 1. The van der Waals surface area contributed by atoms with E-state index in [1.165, 1.54) is 0 Å². The van der Waals surface area contributed by atoms with Crippen LogP contribution in [-0.4, -0.2) is 35.5 Å². The van der Waals surface area contributed by atoms with Crippen LogP contribution in [0.15, 0.2) is 0 Å². The van der Waals surface area contributed by atoms with Crippen LogP contribution < -0.4 is 0 Å². The number of nitrogens with one attached hydrogen (secondary N) is 1. The lowest BCUT2D eigenvalue weighted by atomic mass is 9.98. The average molecular weight is 184 g/mol. The summed E-state index contributed by atoms with van der Waals surface area (Å²) in [5, 5.41) is 16.8. The molecule has 0 radical (unpaired) electrons. The molecule has 3 heteroatoms. The van der Waals surface area contributed by atoms with E-state index < -0.39 is 0 Å². The van der Waals surface area contributed by atoms with Gasteiger partial charge in [0, 0.05) is 26.1 Å². The summed E-state index contributed by atoms with van der Waals surface area (Å²) in [6.07, 6.45) is 4.15. The topological polar surface area (TPSA) is 47.3 Å². The van der Waals surface area contributed by atoms with Crippen molar-refractivity contribution in [3.05, 3.63) is 0 Å². The summed E-state index contributed by atoms with van der Waals surface area (Å²) in [5.41, 5.74) is 0. The molecule has 1 aliphatic heterocycles. The summed E-state index contributed by atoms with van der Waals surface area (Å²) in [5.74, 6) is 1.15. The van der Waals surface area contributed by atoms with Crippen molar-refractivity contribution in [3.63, 3.8) is 0 Å². The highest BCUT2D eigenvalue weighted by Crippen LogP contribution is 2.16. The number of aliphatic hydroxyl groups excluding tert-OH is 1. The van der Waals surface area contributed by atoms with Gasteiger partial charge in [-0.15, -0.1) is 0 Å². The third-order valence-corrected chi connectivity index (χ3v) is 2.65. The van der Waals surface area contributed by atoms with Crippen molar-refractivity contribution in [2.75, 3.05) is 19.7 Å². The van der Waals surface area contributed by atoms with Crippen LogP contribution in [0.1, 0.15) is 32.6 Å². The Bertz CT molecular complexity index is 170. The molecule has 1 fully saturated rings. The Morgan fingerprint density at radius 1 is 1.62 bits per heavy atom. The number of rotatable bonds is 3. The second kappa shape index (κ2) is 5.22. The molecule has 0 spiro atoms. The lowest BCUT2D eigenvalue weighted by molar-refractivity contribution is 0.159. The summed E-state index contributed by atoms with van der Waals surface area (Å²) in [6.45, 7) is 4.27. The van der Waals surface area contributed by atoms with E-state index in [0.29, 0.717) is 5.92 Å². The molecule has 0 saturated carbocycles. The predicted molar refractivity (Wildman–Crippen MR) is 54.0 cm³/mol. The smallest absolute Gasteiger partial charge is 0.0957 e. The van der Waals surface area contributed by atoms with Gasteiger partial charge in [-0.1, -0.05) is 6.92 Å². The van der Waals surface area contributed by atoms with Crippen LogP contribution in [-0.2, 0) is 0 Å². The third kappa shape index (κ3) is 2.99. The first kappa shape index (κ1) is 10.5. The van der Waals surface area contributed by atoms with Gasteiger partial charge in [0.05, 0.1) is 5.84 Å². The lowest BCUT2D eigenvalue weighted by Gasteiger charge is -2.33. The molecule has 1 aliphatic rings. The molecule has 76 valence electrons. The zero-order valence-electron chi connectivity index (χ0n) is 8.42. The molecule has 1 unspecified atom stereocenters. The van der Waals surface area contributed by atoms with Crippen molar-refractivity contribution in [3.8, 4) is 0 Å². The summed E-state index contributed by atoms with van der Waals surface area (Å²) in [6, 6.07) is 0. The van der Waals surface area contributed by atoms with Gasteiger partial charge in [-0.25, -0.2) is 0 Å². The molecule has 0 aromatic rings. The molecule has 13 heavy (non-hydrogen) atoms. The zero-order chi connectivity index (χ0) is 9.68. The SMILES string of the molecule is CCCC(=N)N1CCCC(CO)C1. The van der Waals surface area contributed by atoms with Gasteiger partial charge in [-0.3, -0.25) is 5.41 Å². The van der Waals surface area contributed by atoms with Crippen LogP contribution in [0.25, 0.3) is 0 Å². The minimum atomic E-state index is 0.274. The largest absolute Gasteiger partial charge is 0.396 e. The van der Waals surface area contributed by atoms with Crippen molar-refractivity contribution in [2.45, 2.75) is 32.6 Å². The minimum Gasteiger partial charge on any atom is -0.396 e. The van der Waals surface area contributed by atoms with Gasteiger partial charge in [0.2, 0.25) is 0 Å². The molecule has 3 nitrogen and oxygen atoms in total. The fraction of sp³-hybridized carbons (Fsp3) is 0.900. The third-order valence-electron chi connectivity index (χ3n) is 2.65. The Kier molecular flexibility index (Phi) is 4.22. The summed E-state index contributed by atoms with van der Waals surface area (Å²) < 4.78 is 0. The number of aliphatic hydroxyl groups is 1. The summed E-state index contributed by atoms with van der Waals surface area (Å²) in [4.78, 5) is 2.12. The Labute approximate surface area is 80.3 Å². The van der Waals surface area contributed by atoms with E-state index in [4.69, 9.17) is 10.5 Å². The van der Waals surface area contributed by atoms with E-state index in [2.05, 4.69) is 11.8 Å². The van der Waals surface area contributed by atoms with Crippen molar-refractivity contribution in [1.29, 1.82) is 5.41 Å². The Morgan fingerprint density at radius 3 is 3.00 bits per heavy atom. The molecular formula is C10H20N2O. The molecule has 0 amide bonds. The van der Waals surface area contributed by atoms with E-state index in [1.54, 1.807) is 0 Å². The molecule has 1 rings (SSSR count). The normalized spacial score (nSPS) is 23.2. The van der Waals surface area contributed by atoms with Crippen LogP contribution in [0, 0.1) is 11.3 Å². The van der Waals surface area contributed by atoms with E-state index in [1.807, 2.05) is 0 Å². The van der Waals surface area contributed by atoms with Gasteiger partial charge in [0.25, 0.3) is 0 Å². The number of hydrogen-bond donors (Lipinski definition) is 2. The van der Waals surface area contributed by atoms with Gasteiger partial charge >= 0.3 is 0 Å². The molecule has 1 atom stereocenters. The molecule has 1 saturated heterocycles. The summed E-state index contributed by atoms with van der Waals surface area (Å²) in [7, 11) is 0. The first-order chi connectivity index (χ1) is 6.27. The van der Waals surface area contributed by atoms with Gasteiger partial charge in [0.1, 0.15) is 0 Å². The maximum Gasteiger partial charge on any atom is 0.0957 e. The average Bonchev–Trinajstić information content (AvgIpc) is 2.18. The highest BCUT2D eigenvalue weighted by molar-refractivity contribution is 5.79. The Balaban J connectivity index is 2.37. The fourth-order valence-electron chi connectivity index (χ4n) is 1.85. The second-order valence-electron chi connectivity index (χ2n) is 3.83. The zero-order valence-corrected chi connectivity index (χ0v) is 8.42. The highest BCUT2D eigenvalue weighted by atomic mass is 16.3. The molecule has 1 heterocycles. The lowest BCUT2D eigenvalue weighted by Crippen LogP contribution is -2.40. The Morgan fingerprint density at radius 2 is 2.38 bits per heavy atom. The van der Waals surface area contributed by atoms with Gasteiger partial charge in [-0.05, 0) is 25.2 Å². The van der Waals surface area contributed by atoms with Crippen molar-refractivity contribution in [2.24, 2.45) is 5.92 Å². The molecule has 0 aliphatic carbocycles. The van der Waals surface area contributed by atoms with Crippen LogP contribution in [0.3, 0.4) is 0 Å². The van der Waals surface area contributed by atoms with Crippen LogP contribution in [0.2, 0.25) is 0 Å². The van der Waals surface area contributed by atoms with Gasteiger partial charge < -0.3 is 10.0 Å². The first-order valence-corrected chi connectivity index (χ1v) is 5.21. The standard InChI is InChI=1S/C10H20N2O/c1-2-4-10(11)12-6-3-5-9(7-12)8-13/h9,11,13H,2-8H2,1H3. The number of hydrogen-bond acceptors (Lipinski definition) is 2. The van der Waals surface area contributed by atoms with E-state index >= 15 is 0 Å². The van der Waals surface area contributed by atoms with Gasteiger partial charge in [-0.2, -0.15) is 0 Å². The number of nitrogens with zero attached hydrogens (tertiary/aromatic N) is 1. The number of amidine groups is 1. The fourth-order valence-corrected chi connectivity index (χ4v) is 1.85. The quantitative estimate of drug-likeness (QED) is 0.515. The maximum atomic E-state index is 9.02. The van der Waals surface area contributed by atoms with Crippen LogP contribution in [0.5, 0.6) is 0 Å². The van der Waals surface area contributed by atoms with Gasteiger partial charge in [0.15, 0.2) is 0 Å². The minimum absolute atomic E-state index is 0.274. The monoisotopic (exact) mass is 184 g/mol. The molecule has 0 aromatic carbocycles. The van der Waals surface area contributed by atoms with Crippen LogP contribution in [0.4, 0.5) is 0 Å². The van der Waals surface area contributed by atoms with Crippen LogP contribution >= 0.6 is 0 Å². The highest BCUT2D eigenvalue weighted by Gasteiger charge is 2.20. The predicted octanol–water partition coefficient (Wildman–Crippen LogP) is 1.47. The molecule has 0 bridgehead atoms. The van der Waals surface area contributed by atoms with Crippen molar-refractivity contribution >= 4 is 5.84 Å². The molecular weight excluding hydrogens is 164 g/mol. The maximum absolute atomic E-state index is 9.02. The Hall–Kier alpha value is -0.570. The summed E-state index contributed by atoms with van der Waals surface area (Å²) >= 11 is 0. The van der Waals surface area contributed by atoms with Crippen molar-refractivity contribution in [1.82, 2.24) is 4.90 Å². The number of piperidine rings is 1. The van der Waals surface area contributed by atoms with E-state index in [9.17, 15) is 0 Å². The second-order valence-corrected chi connectivity index (χ2v) is 3.83.